The molecule has 7 heteroatoms. The Morgan fingerprint density at radius 2 is 2.11 bits per heavy atom. The Balaban J connectivity index is 1.49. The molecule has 0 radical (unpaired) electrons. The summed E-state index contributed by atoms with van der Waals surface area (Å²) in [7, 11) is 0. The Morgan fingerprint density at radius 1 is 1.22 bits per heavy atom. The van der Waals surface area contributed by atoms with Crippen molar-refractivity contribution in [2.75, 3.05) is 19.6 Å². The van der Waals surface area contributed by atoms with Crippen LogP contribution in [-0.4, -0.2) is 40.8 Å². The fourth-order valence-electron chi connectivity index (χ4n) is 3.10. The van der Waals surface area contributed by atoms with Gasteiger partial charge >= 0.3 is 0 Å². The number of nitrogens with one attached hydrogen (secondary N) is 4. The van der Waals surface area contributed by atoms with Crippen molar-refractivity contribution in [1.82, 2.24) is 25.8 Å². The summed E-state index contributed by atoms with van der Waals surface area (Å²) >= 11 is 0. The molecule has 0 saturated heterocycles. The number of aromatic amines is 2. The highest BCUT2D eigenvalue weighted by Crippen LogP contribution is 2.19. The smallest absolute Gasteiger partial charge is 0.191 e. The van der Waals surface area contributed by atoms with E-state index in [1.807, 2.05) is 19.3 Å². The first-order chi connectivity index (χ1) is 13.2. The number of aryl methyl sites for hydroxylation is 2. The second-order valence-corrected chi connectivity index (χ2v) is 6.57. The van der Waals surface area contributed by atoms with E-state index >= 15 is 0 Å². The number of halogens is 1. The molecule has 0 saturated carbocycles. The minimum absolute atomic E-state index is 0.209. The van der Waals surface area contributed by atoms with Crippen molar-refractivity contribution < 1.29 is 4.39 Å². The number of guanidine groups is 1. The summed E-state index contributed by atoms with van der Waals surface area (Å²) in [6.45, 7) is 6.38. The lowest BCUT2D eigenvalue weighted by Gasteiger charge is -2.11. The molecule has 0 bridgehead atoms. The van der Waals surface area contributed by atoms with E-state index in [1.54, 1.807) is 12.1 Å². The number of fused-ring (bicyclic) bond motifs is 1. The van der Waals surface area contributed by atoms with Gasteiger partial charge in [0.2, 0.25) is 0 Å². The molecule has 4 N–H and O–H groups in total. The molecule has 0 fully saturated rings. The number of nitrogens with zero attached hydrogens (tertiary/aromatic N) is 2. The highest BCUT2D eigenvalue weighted by molar-refractivity contribution is 5.83. The molecule has 2 aromatic heterocycles. The molecule has 0 unspecified atom stereocenters. The topological polar surface area (TPSA) is 80.9 Å². The number of benzene rings is 1. The van der Waals surface area contributed by atoms with Crippen molar-refractivity contribution in [2.24, 2.45) is 4.99 Å². The second-order valence-electron chi connectivity index (χ2n) is 6.57. The van der Waals surface area contributed by atoms with Crippen molar-refractivity contribution in [3.05, 3.63) is 53.2 Å². The van der Waals surface area contributed by atoms with Gasteiger partial charge in [0.05, 0.1) is 6.20 Å². The number of H-pyrrole nitrogens is 2. The van der Waals surface area contributed by atoms with Crippen molar-refractivity contribution in [1.29, 1.82) is 0 Å². The van der Waals surface area contributed by atoms with Crippen LogP contribution in [0.2, 0.25) is 0 Å². The van der Waals surface area contributed by atoms with E-state index in [0.29, 0.717) is 0 Å². The number of hydrogen-bond acceptors (Lipinski definition) is 2. The Bertz CT molecular complexity index is 895. The molecular formula is C20H27FN6. The summed E-state index contributed by atoms with van der Waals surface area (Å²) in [5.41, 5.74) is 4.43. The Morgan fingerprint density at radius 3 is 2.89 bits per heavy atom. The van der Waals surface area contributed by atoms with E-state index in [0.717, 1.165) is 67.0 Å². The van der Waals surface area contributed by atoms with Crippen LogP contribution in [0.5, 0.6) is 0 Å². The van der Waals surface area contributed by atoms with E-state index in [1.165, 1.54) is 11.6 Å². The van der Waals surface area contributed by atoms with Crippen molar-refractivity contribution in [3.63, 3.8) is 0 Å². The van der Waals surface area contributed by atoms with Crippen LogP contribution in [0.15, 0.2) is 35.6 Å². The van der Waals surface area contributed by atoms with Crippen molar-refractivity contribution in [2.45, 2.75) is 33.1 Å². The summed E-state index contributed by atoms with van der Waals surface area (Å²) in [6.07, 6.45) is 6.56. The molecular weight excluding hydrogens is 343 g/mol. The first-order valence-corrected chi connectivity index (χ1v) is 9.44. The van der Waals surface area contributed by atoms with Gasteiger partial charge in [-0.1, -0.05) is 0 Å². The predicted molar refractivity (Wildman–Crippen MR) is 108 cm³/mol. The average Bonchev–Trinajstić information content (AvgIpc) is 3.24. The number of hydrogen-bond donors (Lipinski definition) is 4. The maximum atomic E-state index is 13.5. The maximum absolute atomic E-state index is 13.5. The van der Waals surface area contributed by atoms with Gasteiger partial charge in [-0.25, -0.2) is 4.39 Å². The molecule has 2 heterocycles. The van der Waals surface area contributed by atoms with Crippen LogP contribution in [0.4, 0.5) is 4.39 Å². The van der Waals surface area contributed by atoms with Crippen LogP contribution in [-0.2, 0) is 12.8 Å². The number of aromatic nitrogens is 3. The lowest BCUT2D eigenvalue weighted by molar-refractivity contribution is 0.629. The second kappa shape index (κ2) is 9.21. The molecule has 0 atom stereocenters. The van der Waals surface area contributed by atoms with Gasteiger partial charge in [-0.05, 0) is 62.4 Å². The lowest BCUT2D eigenvalue weighted by atomic mass is 10.1. The molecule has 0 aliphatic carbocycles. The molecule has 27 heavy (non-hydrogen) atoms. The minimum atomic E-state index is -0.209. The summed E-state index contributed by atoms with van der Waals surface area (Å²) in [5.74, 6) is 0.603. The normalized spacial score (nSPS) is 11.9. The molecule has 3 aromatic rings. The third kappa shape index (κ3) is 5.09. The fourth-order valence-corrected chi connectivity index (χ4v) is 3.10. The molecule has 144 valence electrons. The monoisotopic (exact) mass is 370 g/mol. The lowest BCUT2D eigenvalue weighted by Crippen LogP contribution is -2.38. The molecule has 0 amide bonds. The summed E-state index contributed by atoms with van der Waals surface area (Å²) < 4.78 is 13.5. The van der Waals surface area contributed by atoms with Gasteiger partial charge in [0.1, 0.15) is 5.82 Å². The van der Waals surface area contributed by atoms with Crippen LogP contribution in [0.3, 0.4) is 0 Å². The van der Waals surface area contributed by atoms with Gasteiger partial charge in [-0.2, -0.15) is 5.10 Å². The zero-order chi connectivity index (χ0) is 19.1. The minimum Gasteiger partial charge on any atom is -0.361 e. The zero-order valence-electron chi connectivity index (χ0n) is 15.9. The van der Waals surface area contributed by atoms with E-state index in [2.05, 4.69) is 37.7 Å². The van der Waals surface area contributed by atoms with Crippen LogP contribution >= 0.6 is 0 Å². The quantitative estimate of drug-likeness (QED) is 0.279. The largest absolute Gasteiger partial charge is 0.361 e. The molecule has 0 aliphatic rings. The van der Waals surface area contributed by atoms with Crippen LogP contribution < -0.4 is 10.6 Å². The van der Waals surface area contributed by atoms with Gasteiger partial charge in [0.15, 0.2) is 5.96 Å². The highest BCUT2D eigenvalue weighted by Gasteiger charge is 2.05. The van der Waals surface area contributed by atoms with Crippen LogP contribution in [0.1, 0.15) is 30.2 Å². The van der Waals surface area contributed by atoms with Gasteiger partial charge in [0, 0.05) is 42.4 Å². The first kappa shape index (κ1) is 18.9. The Kier molecular flexibility index (Phi) is 6.46. The van der Waals surface area contributed by atoms with Crippen molar-refractivity contribution >= 4 is 16.9 Å². The Hall–Kier alpha value is -2.83. The van der Waals surface area contributed by atoms with Crippen LogP contribution in [0, 0.1) is 12.7 Å². The standard InChI is InChI=1S/C20H27FN6/c1-3-22-20(23-9-4-5-15-13-26-27-14(15)2)24-10-8-16-12-25-19-7-6-17(21)11-18(16)19/h6-7,11-13,25H,3-5,8-10H2,1-2H3,(H,26,27)(H2,22,23,24). The molecule has 0 spiro atoms. The molecule has 0 aliphatic heterocycles. The summed E-state index contributed by atoms with van der Waals surface area (Å²) in [6, 6.07) is 4.83. The molecule has 6 nitrogen and oxygen atoms in total. The number of aliphatic imine (C=N–C) groups is 1. The van der Waals surface area contributed by atoms with Gasteiger partial charge in [0.25, 0.3) is 0 Å². The van der Waals surface area contributed by atoms with E-state index in [9.17, 15) is 4.39 Å². The highest BCUT2D eigenvalue weighted by atomic mass is 19.1. The first-order valence-electron chi connectivity index (χ1n) is 9.44. The third-order valence-electron chi connectivity index (χ3n) is 4.57. The maximum Gasteiger partial charge on any atom is 0.191 e. The third-order valence-corrected chi connectivity index (χ3v) is 4.57. The average molecular weight is 370 g/mol. The molecule has 3 rings (SSSR count). The summed E-state index contributed by atoms with van der Waals surface area (Å²) in [4.78, 5) is 7.82. The van der Waals surface area contributed by atoms with Crippen molar-refractivity contribution in [3.8, 4) is 0 Å². The van der Waals surface area contributed by atoms with E-state index in [4.69, 9.17) is 0 Å². The number of rotatable bonds is 8. The fraction of sp³-hybridized carbons (Fsp3) is 0.400. The van der Waals surface area contributed by atoms with Gasteiger partial charge in [-0.15, -0.1) is 0 Å². The van der Waals surface area contributed by atoms with E-state index in [-0.39, 0.29) is 5.82 Å². The van der Waals surface area contributed by atoms with Gasteiger partial charge < -0.3 is 15.6 Å². The Labute approximate surface area is 158 Å². The molecule has 1 aromatic carbocycles. The van der Waals surface area contributed by atoms with E-state index < -0.39 is 0 Å². The van der Waals surface area contributed by atoms with Gasteiger partial charge in [-0.3, -0.25) is 10.1 Å². The summed E-state index contributed by atoms with van der Waals surface area (Å²) in [5, 5.41) is 14.6. The zero-order valence-corrected chi connectivity index (χ0v) is 15.9. The van der Waals surface area contributed by atoms with Crippen LogP contribution in [0.25, 0.3) is 10.9 Å². The predicted octanol–water partition coefficient (Wildman–Crippen LogP) is 3.07. The SMILES string of the molecule is CCNC(=NCCCc1cn[nH]c1C)NCCc1c[nH]c2ccc(F)cc12.